The van der Waals surface area contributed by atoms with Gasteiger partial charge in [-0.15, -0.1) is 0 Å². The molecule has 0 aliphatic rings. The van der Waals surface area contributed by atoms with E-state index in [9.17, 15) is 18.9 Å². The predicted molar refractivity (Wildman–Crippen MR) is 104 cm³/mol. The normalized spacial score (nSPS) is 11.4. The second-order valence-corrected chi connectivity index (χ2v) is 8.89. The maximum atomic E-state index is 12.8. The van der Waals surface area contributed by atoms with Crippen LogP contribution in [0.5, 0.6) is 5.75 Å². The molecule has 0 atom stereocenters. The van der Waals surface area contributed by atoms with E-state index in [0.717, 1.165) is 0 Å². The molecule has 0 spiro atoms. The van der Waals surface area contributed by atoms with E-state index in [4.69, 9.17) is 46.5 Å². The fourth-order valence-electron chi connectivity index (χ4n) is 1.49. The second kappa shape index (κ2) is 11.5. The van der Waals surface area contributed by atoms with Gasteiger partial charge in [0.05, 0.1) is 16.9 Å². The average Bonchev–Trinajstić information content (AvgIpc) is 2.63. The summed E-state index contributed by atoms with van der Waals surface area (Å²) < 4.78 is 36.9. The van der Waals surface area contributed by atoms with Crippen LogP contribution in [0.3, 0.4) is 0 Å². The standard InChI is InChI=1S/C17H21Cl2O9P/c1-10(2)15(20)24-8-26-29(23,27-9-25-16(21)11(3)4)17(22)28-14-6-5-12(18)7-13(14)19/h5-7,10-11H,8-9H2,1-4H3. The first kappa shape index (κ1) is 25.4. The zero-order chi connectivity index (χ0) is 22.2. The van der Waals surface area contributed by atoms with Crippen LogP contribution < -0.4 is 4.74 Å². The predicted octanol–water partition coefficient (Wildman–Crippen LogP) is 5.03. The Bertz CT molecular complexity index is 765. The number of esters is 2. The minimum absolute atomic E-state index is 0.0325. The van der Waals surface area contributed by atoms with Crippen LogP contribution in [0.1, 0.15) is 27.7 Å². The van der Waals surface area contributed by atoms with E-state index in [1.807, 2.05) is 0 Å². The number of ether oxygens (including phenoxy) is 3. The van der Waals surface area contributed by atoms with Crippen LogP contribution in [-0.2, 0) is 32.7 Å². The van der Waals surface area contributed by atoms with Gasteiger partial charge < -0.3 is 14.2 Å². The molecular weight excluding hydrogens is 450 g/mol. The van der Waals surface area contributed by atoms with Crippen molar-refractivity contribution in [2.75, 3.05) is 13.6 Å². The molecule has 0 bridgehead atoms. The van der Waals surface area contributed by atoms with Gasteiger partial charge in [0.2, 0.25) is 13.6 Å². The molecule has 1 aromatic carbocycles. The Labute approximate surface area is 178 Å². The molecule has 0 unspecified atom stereocenters. The lowest BCUT2D eigenvalue weighted by molar-refractivity contribution is -0.156. The van der Waals surface area contributed by atoms with Gasteiger partial charge in [-0.1, -0.05) is 50.9 Å². The van der Waals surface area contributed by atoms with Crippen LogP contribution in [0.4, 0.5) is 4.79 Å². The molecular formula is C17H21Cl2O9P. The van der Waals surface area contributed by atoms with Gasteiger partial charge in [0.1, 0.15) is 5.75 Å². The molecule has 0 aromatic heterocycles. The molecule has 0 saturated carbocycles. The van der Waals surface area contributed by atoms with Gasteiger partial charge in [-0.05, 0) is 18.2 Å². The highest BCUT2D eigenvalue weighted by atomic mass is 35.5. The molecule has 0 fully saturated rings. The highest BCUT2D eigenvalue weighted by Crippen LogP contribution is 2.50. The maximum absolute atomic E-state index is 12.8. The van der Waals surface area contributed by atoms with Crippen molar-refractivity contribution in [3.05, 3.63) is 28.2 Å². The Hall–Kier alpha value is -1.64. The van der Waals surface area contributed by atoms with E-state index in [-0.39, 0.29) is 15.8 Å². The van der Waals surface area contributed by atoms with Crippen molar-refractivity contribution in [3.8, 4) is 5.75 Å². The summed E-state index contributed by atoms with van der Waals surface area (Å²) in [7, 11) is -4.69. The Morgan fingerprint density at radius 3 is 1.83 bits per heavy atom. The molecule has 1 aromatic rings. The summed E-state index contributed by atoms with van der Waals surface area (Å²) in [6.45, 7) is 4.58. The van der Waals surface area contributed by atoms with Crippen LogP contribution in [-0.4, -0.2) is 31.2 Å². The van der Waals surface area contributed by atoms with Crippen LogP contribution >= 0.6 is 30.8 Å². The molecule has 0 saturated heterocycles. The van der Waals surface area contributed by atoms with Gasteiger partial charge in [0, 0.05) is 5.02 Å². The summed E-state index contributed by atoms with van der Waals surface area (Å²) in [5.74, 6) is -2.43. The molecule has 12 heteroatoms. The lowest BCUT2D eigenvalue weighted by Crippen LogP contribution is -2.19. The van der Waals surface area contributed by atoms with E-state index in [0.29, 0.717) is 0 Å². The van der Waals surface area contributed by atoms with Crippen molar-refractivity contribution in [1.82, 2.24) is 0 Å². The molecule has 0 aliphatic carbocycles. The summed E-state index contributed by atoms with van der Waals surface area (Å²) in [4.78, 5) is 35.4. The molecule has 29 heavy (non-hydrogen) atoms. The number of halogens is 2. The first-order chi connectivity index (χ1) is 13.5. The van der Waals surface area contributed by atoms with Crippen molar-refractivity contribution in [2.24, 2.45) is 11.8 Å². The average molecular weight is 471 g/mol. The lowest BCUT2D eigenvalue weighted by Gasteiger charge is -2.18. The number of carbonyl (C=O) groups excluding carboxylic acids is 3. The summed E-state index contributed by atoms with van der Waals surface area (Å²) in [6, 6.07) is 3.95. The van der Waals surface area contributed by atoms with Crippen LogP contribution in [0, 0.1) is 11.8 Å². The third-order valence-corrected chi connectivity index (χ3v) is 5.06. The summed E-state index contributed by atoms with van der Waals surface area (Å²) in [5.41, 5.74) is -1.46. The second-order valence-electron chi connectivity index (χ2n) is 6.17. The van der Waals surface area contributed by atoms with E-state index in [1.165, 1.54) is 18.2 Å². The molecule has 0 aliphatic heterocycles. The molecule has 162 valence electrons. The number of hydrogen-bond acceptors (Lipinski definition) is 9. The number of carbonyl (C=O) groups is 3. The van der Waals surface area contributed by atoms with Crippen molar-refractivity contribution in [3.63, 3.8) is 0 Å². The monoisotopic (exact) mass is 470 g/mol. The van der Waals surface area contributed by atoms with E-state index >= 15 is 0 Å². The zero-order valence-electron chi connectivity index (χ0n) is 16.2. The van der Waals surface area contributed by atoms with Crippen molar-refractivity contribution < 1.29 is 42.2 Å². The van der Waals surface area contributed by atoms with Gasteiger partial charge in [-0.2, -0.15) is 0 Å². The van der Waals surface area contributed by atoms with Gasteiger partial charge >= 0.3 is 25.2 Å². The summed E-state index contributed by atoms with van der Waals surface area (Å²) >= 11 is 11.7. The molecule has 0 N–H and O–H groups in total. The summed E-state index contributed by atoms with van der Waals surface area (Å²) in [5, 5.41) is 0.251. The summed E-state index contributed by atoms with van der Waals surface area (Å²) in [6.07, 6.45) is 0. The molecule has 0 radical (unpaired) electrons. The SMILES string of the molecule is CC(C)C(=O)OCOP(=O)(OCOC(=O)C(C)C)C(=O)Oc1ccc(Cl)cc1Cl. The van der Waals surface area contributed by atoms with Gasteiger partial charge in [-0.25, -0.2) is 9.36 Å². The maximum Gasteiger partial charge on any atom is 0.444 e. The number of hydrogen-bond donors (Lipinski definition) is 0. The number of rotatable bonds is 10. The zero-order valence-corrected chi connectivity index (χ0v) is 18.6. The third kappa shape index (κ3) is 8.32. The fourth-order valence-corrected chi connectivity index (χ4v) is 2.82. The smallest absolute Gasteiger partial charge is 0.438 e. The highest BCUT2D eigenvalue weighted by molar-refractivity contribution is 7.71. The van der Waals surface area contributed by atoms with Crippen molar-refractivity contribution >= 4 is 48.4 Å². The molecule has 0 amide bonds. The first-order valence-corrected chi connectivity index (χ1v) is 10.7. The third-order valence-electron chi connectivity index (χ3n) is 3.11. The quantitative estimate of drug-likeness (QED) is 0.263. The molecule has 1 rings (SSSR count). The van der Waals surface area contributed by atoms with E-state index < -0.39 is 50.7 Å². The minimum Gasteiger partial charge on any atom is -0.438 e. The highest BCUT2D eigenvalue weighted by Gasteiger charge is 2.39. The lowest BCUT2D eigenvalue weighted by atomic mass is 10.2. The number of benzene rings is 1. The minimum atomic E-state index is -4.69. The van der Waals surface area contributed by atoms with Crippen LogP contribution in [0.2, 0.25) is 10.0 Å². The van der Waals surface area contributed by atoms with Crippen molar-refractivity contribution in [1.29, 1.82) is 0 Å². The molecule has 0 heterocycles. The van der Waals surface area contributed by atoms with Gasteiger partial charge in [0.15, 0.2) is 0 Å². The first-order valence-electron chi connectivity index (χ1n) is 8.36. The van der Waals surface area contributed by atoms with E-state index in [1.54, 1.807) is 27.7 Å². The van der Waals surface area contributed by atoms with Crippen LogP contribution in [0.25, 0.3) is 0 Å². The van der Waals surface area contributed by atoms with Crippen LogP contribution in [0.15, 0.2) is 18.2 Å². The van der Waals surface area contributed by atoms with Gasteiger partial charge in [0.25, 0.3) is 0 Å². The van der Waals surface area contributed by atoms with Crippen molar-refractivity contribution in [2.45, 2.75) is 27.7 Å². The van der Waals surface area contributed by atoms with Gasteiger partial charge in [-0.3, -0.25) is 18.6 Å². The van der Waals surface area contributed by atoms with E-state index in [2.05, 4.69) is 0 Å². The Morgan fingerprint density at radius 2 is 1.41 bits per heavy atom. The Morgan fingerprint density at radius 1 is 0.931 bits per heavy atom. The Balaban J connectivity index is 2.88. The Kier molecular flexibility index (Phi) is 10.1. The topological polar surface area (TPSA) is 114 Å². The fraction of sp³-hybridized carbons (Fsp3) is 0.471. The largest absolute Gasteiger partial charge is 0.444 e. The molecule has 9 nitrogen and oxygen atoms in total.